The number of para-hydroxylation sites is 1. The van der Waals surface area contributed by atoms with E-state index in [0.717, 1.165) is 40.2 Å². The van der Waals surface area contributed by atoms with Gasteiger partial charge in [-0.2, -0.15) is 0 Å². The molecule has 3 rings (SSSR count). The number of amides is 2. The van der Waals surface area contributed by atoms with Crippen LogP contribution in [0.4, 0.5) is 5.69 Å². The van der Waals surface area contributed by atoms with Crippen molar-refractivity contribution in [2.75, 3.05) is 23.7 Å². The predicted molar refractivity (Wildman–Crippen MR) is 126 cm³/mol. The molecule has 172 valence electrons. The minimum atomic E-state index is -3.63. The Kier molecular flexibility index (Phi) is 7.56. The van der Waals surface area contributed by atoms with E-state index in [2.05, 4.69) is 5.32 Å². The smallest absolute Gasteiger partial charge is 0.241 e. The Morgan fingerprint density at radius 2 is 1.75 bits per heavy atom. The number of benzene rings is 2. The van der Waals surface area contributed by atoms with Crippen LogP contribution >= 0.6 is 0 Å². The van der Waals surface area contributed by atoms with Crippen LogP contribution in [0.1, 0.15) is 49.3 Å². The van der Waals surface area contributed by atoms with Crippen LogP contribution < -0.4 is 9.62 Å². The van der Waals surface area contributed by atoms with Gasteiger partial charge in [0, 0.05) is 26.1 Å². The molecule has 0 radical (unpaired) electrons. The molecule has 2 aromatic rings. The first-order chi connectivity index (χ1) is 15.1. The maximum atomic E-state index is 12.6. The summed E-state index contributed by atoms with van der Waals surface area (Å²) >= 11 is 0. The molecular weight excluding hydrogens is 426 g/mol. The molecule has 8 heteroatoms. The van der Waals surface area contributed by atoms with Crippen LogP contribution in [0.25, 0.3) is 0 Å². The first kappa shape index (κ1) is 23.8. The van der Waals surface area contributed by atoms with E-state index in [0.29, 0.717) is 25.2 Å². The molecule has 1 fully saturated rings. The monoisotopic (exact) mass is 457 g/mol. The number of carbonyl (C=O) groups excluding carboxylic acids is 2. The summed E-state index contributed by atoms with van der Waals surface area (Å²) in [5.41, 5.74) is 3.35. The highest BCUT2D eigenvalue weighted by Crippen LogP contribution is 2.28. The Morgan fingerprint density at radius 1 is 1.09 bits per heavy atom. The van der Waals surface area contributed by atoms with E-state index in [1.165, 1.54) is 0 Å². The Balaban J connectivity index is 1.62. The minimum absolute atomic E-state index is 0.118. The van der Waals surface area contributed by atoms with Gasteiger partial charge in [0.05, 0.1) is 11.9 Å². The number of hydrogen-bond acceptors (Lipinski definition) is 4. The summed E-state index contributed by atoms with van der Waals surface area (Å²) in [6, 6.07) is 15.0. The Labute approximate surface area is 190 Å². The van der Waals surface area contributed by atoms with Crippen LogP contribution in [-0.4, -0.2) is 44.5 Å². The molecule has 2 amide bonds. The molecule has 0 bridgehead atoms. The van der Waals surface area contributed by atoms with Gasteiger partial charge >= 0.3 is 0 Å². The van der Waals surface area contributed by atoms with Crippen molar-refractivity contribution < 1.29 is 18.0 Å². The number of rotatable bonds is 9. The van der Waals surface area contributed by atoms with Gasteiger partial charge in [0.2, 0.25) is 21.8 Å². The normalized spacial score (nSPS) is 14.1. The fourth-order valence-corrected chi connectivity index (χ4v) is 4.70. The minimum Gasteiger partial charge on any atom is -0.350 e. The van der Waals surface area contributed by atoms with Crippen molar-refractivity contribution in [1.29, 1.82) is 0 Å². The number of anilines is 1. The van der Waals surface area contributed by atoms with Crippen LogP contribution in [-0.2, 0) is 32.7 Å². The van der Waals surface area contributed by atoms with Crippen LogP contribution in [0, 0.1) is 0 Å². The molecule has 2 aromatic carbocycles. The summed E-state index contributed by atoms with van der Waals surface area (Å²) in [5.74, 6) is -0.0654. The lowest BCUT2D eigenvalue weighted by Gasteiger charge is -2.25. The summed E-state index contributed by atoms with van der Waals surface area (Å²) in [6.07, 6.45) is 2.65. The summed E-state index contributed by atoms with van der Waals surface area (Å²) in [6.45, 7) is 5.39. The molecule has 1 aliphatic heterocycles. The number of hydrogen-bond donors (Lipinski definition) is 1. The molecule has 0 unspecified atom stereocenters. The second kappa shape index (κ2) is 10.2. The summed E-state index contributed by atoms with van der Waals surface area (Å²) < 4.78 is 26.0. The van der Waals surface area contributed by atoms with Gasteiger partial charge in [0.15, 0.2) is 0 Å². The largest absolute Gasteiger partial charge is 0.350 e. The van der Waals surface area contributed by atoms with E-state index >= 15 is 0 Å². The zero-order valence-corrected chi connectivity index (χ0v) is 19.7. The first-order valence-electron chi connectivity index (χ1n) is 10.8. The molecule has 0 saturated carbocycles. The summed E-state index contributed by atoms with van der Waals surface area (Å²) in [7, 11) is -3.63. The van der Waals surface area contributed by atoms with E-state index in [1.807, 2.05) is 55.1 Å². The quantitative estimate of drug-likeness (QED) is 0.627. The standard InChI is InChI=1S/C24H31N3O4S/c1-18(2)21-7-4-5-8-22(21)27(32(3,30)31)17-23(28)25-15-19-10-12-20(13-11-19)16-26-14-6-9-24(26)29/h4-5,7-8,10-13,18H,6,9,14-17H2,1-3H3,(H,25,28). The lowest BCUT2D eigenvalue weighted by Crippen LogP contribution is -2.40. The highest BCUT2D eigenvalue weighted by Gasteiger charge is 2.24. The molecule has 1 saturated heterocycles. The molecule has 0 aromatic heterocycles. The number of nitrogens with zero attached hydrogens (tertiary/aromatic N) is 2. The molecule has 1 aliphatic rings. The highest BCUT2D eigenvalue weighted by atomic mass is 32.2. The Hall–Kier alpha value is -2.87. The zero-order valence-electron chi connectivity index (χ0n) is 18.9. The number of likely N-dealkylation sites (tertiary alicyclic amines) is 1. The molecular formula is C24H31N3O4S. The van der Waals surface area contributed by atoms with E-state index in [4.69, 9.17) is 0 Å². The maximum absolute atomic E-state index is 12.6. The van der Waals surface area contributed by atoms with Gasteiger partial charge in [-0.1, -0.05) is 56.3 Å². The third-order valence-electron chi connectivity index (χ3n) is 5.57. The van der Waals surface area contributed by atoms with Gasteiger partial charge in [-0.15, -0.1) is 0 Å². The van der Waals surface area contributed by atoms with Crippen LogP contribution in [0.15, 0.2) is 48.5 Å². The number of carbonyl (C=O) groups is 2. The van der Waals surface area contributed by atoms with Gasteiger partial charge in [0.1, 0.15) is 6.54 Å². The van der Waals surface area contributed by atoms with Crippen molar-refractivity contribution in [3.8, 4) is 0 Å². The van der Waals surface area contributed by atoms with E-state index in [-0.39, 0.29) is 24.3 Å². The van der Waals surface area contributed by atoms with Gasteiger partial charge < -0.3 is 10.2 Å². The van der Waals surface area contributed by atoms with Crippen LogP contribution in [0.2, 0.25) is 0 Å². The third-order valence-corrected chi connectivity index (χ3v) is 6.70. The average molecular weight is 458 g/mol. The Bertz CT molecular complexity index is 1060. The second-order valence-electron chi connectivity index (χ2n) is 8.50. The van der Waals surface area contributed by atoms with Crippen molar-refractivity contribution >= 4 is 27.5 Å². The molecule has 7 nitrogen and oxygen atoms in total. The van der Waals surface area contributed by atoms with Crippen molar-refractivity contribution in [2.24, 2.45) is 0 Å². The zero-order chi connectivity index (χ0) is 23.3. The van der Waals surface area contributed by atoms with E-state index in [1.54, 1.807) is 12.1 Å². The fraction of sp³-hybridized carbons (Fsp3) is 0.417. The average Bonchev–Trinajstić information content (AvgIpc) is 3.15. The van der Waals surface area contributed by atoms with Gasteiger partial charge in [-0.3, -0.25) is 13.9 Å². The van der Waals surface area contributed by atoms with Crippen molar-refractivity contribution in [2.45, 2.75) is 45.7 Å². The van der Waals surface area contributed by atoms with Crippen LogP contribution in [0.5, 0.6) is 0 Å². The topological polar surface area (TPSA) is 86.8 Å². The molecule has 32 heavy (non-hydrogen) atoms. The Morgan fingerprint density at radius 3 is 2.34 bits per heavy atom. The van der Waals surface area contributed by atoms with Crippen molar-refractivity contribution in [1.82, 2.24) is 10.2 Å². The molecule has 0 spiro atoms. The maximum Gasteiger partial charge on any atom is 0.241 e. The summed E-state index contributed by atoms with van der Waals surface area (Å²) in [4.78, 5) is 26.2. The molecule has 1 N–H and O–H groups in total. The lowest BCUT2D eigenvalue weighted by atomic mass is 10.0. The van der Waals surface area contributed by atoms with Gasteiger partial charge in [-0.25, -0.2) is 8.42 Å². The molecule has 0 aliphatic carbocycles. The SMILES string of the molecule is CC(C)c1ccccc1N(CC(=O)NCc1ccc(CN2CCCC2=O)cc1)S(C)(=O)=O. The lowest BCUT2D eigenvalue weighted by molar-refractivity contribution is -0.128. The van der Waals surface area contributed by atoms with E-state index in [9.17, 15) is 18.0 Å². The second-order valence-corrected chi connectivity index (χ2v) is 10.4. The highest BCUT2D eigenvalue weighted by molar-refractivity contribution is 7.92. The fourth-order valence-electron chi connectivity index (χ4n) is 3.83. The number of sulfonamides is 1. The predicted octanol–water partition coefficient (Wildman–Crippen LogP) is 3.01. The van der Waals surface area contributed by atoms with Gasteiger partial charge in [-0.05, 0) is 35.1 Å². The summed E-state index contributed by atoms with van der Waals surface area (Å²) in [5, 5.41) is 2.81. The van der Waals surface area contributed by atoms with E-state index < -0.39 is 10.0 Å². The third kappa shape index (κ3) is 6.09. The first-order valence-corrected chi connectivity index (χ1v) is 12.7. The van der Waals surface area contributed by atoms with Crippen molar-refractivity contribution in [3.63, 3.8) is 0 Å². The van der Waals surface area contributed by atoms with Gasteiger partial charge in [0.25, 0.3) is 0 Å². The molecule has 1 heterocycles. The molecule has 0 atom stereocenters. The number of nitrogens with one attached hydrogen (secondary N) is 1. The van der Waals surface area contributed by atoms with Crippen molar-refractivity contribution in [3.05, 3.63) is 65.2 Å². The van der Waals surface area contributed by atoms with Crippen LogP contribution in [0.3, 0.4) is 0 Å².